The van der Waals surface area contributed by atoms with Crippen molar-refractivity contribution in [2.75, 3.05) is 33.4 Å². The van der Waals surface area contributed by atoms with Gasteiger partial charge in [-0.15, -0.1) is 0 Å². The Morgan fingerprint density at radius 1 is 1.11 bits per heavy atom. The third-order valence-corrected chi connectivity index (χ3v) is 4.90. The van der Waals surface area contributed by atoms with E-state index in [1.54, 1.807) is 7.11 Å². The molecule has 2 aromatic rings. The average molecular weight is 368 g/mol. The van der Waals surface area contributed by atoms with E-state index in [1.807, 2.05) is 42.5 Å². The molecule has 0 aliphatic carbocycles. The van der Waals surface area contributed by atoms with Crippen molar-refractivity contribution < 1.29 is 14.3 Å². The van der Waals surface area contributed by atoms with Gasteiger partial charge < -0.3 is 14.8 Å². The van der Waals surface area contributed by atoms with Crippen molar-refractivity contribution >= 4 is 5.91 Å². The molecule has 3 rings (SSSR count). The lowest BCUT2D eigenvalue weighted by molar-refractivity contribution is -0.126. The number of amides is 1. The van der Waals surface area contributed by atoms with Crippen molar-refractivity contribution in [1.29, 1.82) is 0 Å². The molecule has 1 atom stereocenters. The minimum atomic E-state index is -0.0852. The first-order valence-corrected chi connectivity index (χ1v) is 9.52. The van der Waals surface area contributed by atoms with E-state index in [9.17, 15) is 4.79 Å². The fourth-order valence-corrected chi connectivity index (χ4v) is 3.46. The second kappa shape index (κ2) is 10.1. The molecule has 144 valence electrons. The van der Waals surface area contributed by atoms with E-state index < -0.39 is 0 Å². The van der Waals surface area contributed by atoms with Crippen LogP contribution in [0.4, 0.5) is 0 Å². The van der Waals surface area contributed by atoms with E-state index in [0.717, 1.165) is 24.4 Å². The van der Waals surface area contributed by atoms with Gasteiger partial charge in [0.2, 0.25) is 5.91 Å². The number of methoxy groups -OCH3 is 1. The zero-order valence-corrected chi connectivity index (χ0v) is 15.9. The lowest BCUT2D eigenvalue weighted by Crippen LogP contribution is -2.38. The summed E-state index contributed by atoms with van der Waals surface area (Å²) in [6.45, 7) is 3.20. The minimum absolute atomic E-state index is 0.0692. The van der Waals surface area contributed by atoms with Crippen LogP contribution in [0.1, 0.15) is 30.0 Å². The van der Waals surface area contributed by atoms with Crippen molar-refractivity contribution in [3.8, 4) is 5.75 Å². The number of ether oxygens (including phenoxy) is 2. The summed E-state index contributed by atoms with van der Waals surface area (Å²) in [7, 11) is 1.68. The highest BCUT2D eigenvalue weighted by Crippen LogP contribution is 2.27. The van der Waals surface area contributed by atoms with E-state index in [1.165, 1.54) is 18.4 Å². The van der Waals surface area contributed by atoms with Crippen LogP contribution >= 0.6 is 0 Å². The lowest BCUT2D eigenvalue weighted by Gasteiger charge is -2.28. The predicted octanol–water partition coefficient (Wildman–Crippen LogP) is 3.17. The third kappa shape index (κ3) is 5.81. The van der Waals surface area contributed by atoms with Gasteiger partial charge in [-0.05, 0) is 49.2 Å². The molecule has 0 saturated carbocycles. The summed E-state index contributed by atoms with van der Waals surface area (Å²) in [5.74, 6) is 0.757. The predicted molar refractivity (Wildman–Crippen MR) is 106 cm³/mol. The molecule has 1 amide bonds. The first kappa shape index (κ1) is 19.4. The molecule has 5 heteroatoms. The topological polar surface area (TPSA) is 50.8 Å². The van der Waals surface area contributed by atoms with Gasteiger partial charge in [0.05, 0.1) is 19.8 Å². The number of carbonyl (C=O) groups is 1. The molecule has 1 saturated heterocycles. The van der Waals surface area contributed by atoms with Gasteiger partial charge in [0.1, 0.15) is 12.4 Å². The zero-order chi connectivity index (χ0) is 18.9. The number of nitrogens with zero attached hydrogens (tertiary/aromatic N) is 1. The summed E-state index contributed by atoms with van der Waals surface area (Å²) >= 11 is 0. The zero-order valence-electron chi connectivity index (χ0n) is 15.9. The van der Waals surface area contributed by atoms with Crippen LogP contribution in [-0.4, -0.2) is 44.2 Å². The molecule has 0 spiro atoms. The Labute approximate surface area is 161 Å². The van der Waals surface area contributed by atoms with Crippen molar-refractivity contribution in [1.82, 2.24) is 10.2 Å². The second-order valence-corrected chi connectivity index (χ2v) is 6.82. The number of likely N-dealkylation sites (tertiary alicyclic amines) is 1. The van der Waals surface area contributed by atoms with Gasteiger partial charge in [0.25, 0.3) is 0 Å². The molecule has 1 aliphatic heterocycles. The van der Waals surface area contributed by atoms with Crippen LogP contribution < -0.4 is 10.1 Å². The Balaban J connectivity index is 1.53. The van der Waals surface area contributed by atoms with Crippen molar-refractivity contribution in [2.45, 2.75) is 25.5 Å². The molecule has 5 nitrogen and oxygen atoms in total. The summed E-state index contributed by atoms with van der Waals surface area (Å²) in [6, 6.07) is 18.1. The molecule has 1 heterocycles. The van der Waals surface area contributed by atoms with E-state index in [0.29, 0.717) is 13.2 Å². The highest BCUT2D eigenvalue weighted by atomic mass is 16.5. The van der Waals surface area contributed by atoms with Gasteiger partial charge in [-0.1, -0.05) is 42.5 Å². The molecule has 1 fully saturated rings. The molecule has 0 radical (unpaired) electrons. The SMILES string of the molecule is COc1cccc(C(CNC(=O)COCc2ccccc2)N2CCCC2)c1. The van der Waals surface area contributed by atoms with Crippen LogP contribution in [0.5, 0.6) is 5.75 Å². The van der Waals surface area contributed by atoms with Gasteiger partial charge in [-0.3, -0.25) is 9.69 Å². The number of benzene rings is 2. The van der Waals surface area contributed by atoms with Gasteiger partial charge in [0, 0.05) is 6.54 Å². The molecular formula is C22H28N2O3. The second-order valence-electron chi connectivity index (χ2n) is 6.82. The fourth-order valence-electron chi connectivity index (χ4n) is 3.46. The lowest BCUT2D eigenvalue weighted by atomic mass is 10.0. The average Bonchev–Trinajstić information content (AvgIpc) is 3.24. The Bertz CT molecular complexity index is 715. The summed E-state index contributed by atoms with van der Waals surface area (Å²) in [4.78, 5) is 14.7. The summed E-state index contributed by atoms with van der Waals surface area (Å²) in [5.41, 5.74) is 2.23. The van der Waals surface area contributed by atoms with Crippen LogP contribution in [0.3, 0.4) is 0 Å². The molecule has 0 aromatic heterocycles. The summed E-state index contributed by atoms with van der Waals surface area (Å²) in [6.07, 6.45) is 2.41. The van der Waals surface area contributed by atoms with Crippen LogP contribution in [0.2, 0.25) is 0 Å². The Morgan fingerprint density at radius 3 is 2.63 bits per heavy atom. The van der Waals surface area contributed by atoms with Gasteiger partial charge in [-0.25, -0.2) is 0 Å². The Kier molecular flexibility index (Phi) is 7.25. The van der Waals surface area contributed by atoms with Crippen LogP contribution in [0, 0.1) is 0 Å². The van der Waals surface area contributed by atoms with Crippen LogP contribution in [0.15, 0.2) is 54.6 Å². The van der Waals surface area contributed by atoms with Crippen molar-refractivity contribution in [2.24, 2.45) is 0 Å². The Hall–Kier alpha value is -2.37. The van der Waals surface area contributed by atoms with E-state index in [-0.39, 0.29) is 18.6 Å². The monoisotopic (exact) mass is 368 g/mol. The van der Waals surface area contributed by atoms with Gasteiger partial charge >= 0.3 is 0 Å². The number of carbonyl (C=O) groups excluding carboxylic acids is 1. The highest BCUT2D eigenvalue weighted by Gasteiger charge is 2.24. The van der Waals surface area contributed by atoms with Crippen molar-refractivity contribution in [3.05, 3.63) is 65.7 Å². The van der Waals surface area contributed by atoms with Crippen molar-refractivity contribution in [3.63, 3.8) is 0 Å². The summed E-state index contributed by atoms with van der Waals surface area (Å²) < 4.78 is 10.9. The first-order valence-electron chi connectivity index (χ1n) is 9.52. The van der Waals surface area contributed by atoms with E-state index in [4.69, 9.17) is 9.47 Å². The number of nitrogens with one attached hydrogen (secondary N) is 1. The largest absolute Gasteiger partial charge is 0.497 e. The highest BCUT2D eigenvalue weighted by molar-refractivity contribution is 5.77. The Morgan fingerprint density at radius 2 is 1.89 bits per heavy atom. The quantitative estimate of drug-likeness (QED) is 0.739. The van der Waals surface area contributed by atoms with Gasteiger partial charge in [-0.2, -0.15) is 0 Å². The summed E-state index contributed by atoms with van der Waals surface area (Å²) in [5, 5.41) is 3.04. The molecule has 2 aromatic carbocycles. The first-order chi connectivity index (χ1) is 13.3. The van der Waals surface area contributed by atoms with Gasteiger partial charge in [0.15, 0.2) is 0 Å². The molecular weight excluding hydrogens is 340 g/mol. The molecule has 1 aliphatic rings. The number of hydrogen-bond acceptors (Lipinski definition) is 4. The normalized spacial score (nSPS) is 15.4. The van der Waals surface area contributed by atoms with E-state index in [2.05, 4.69) is 22.3 Å². The van der Waals surface area contributed by atoms with E-state index >= 15 is 0 Å². The van der Waals surface area contributed by atoms with Crippen LogP contribution in [0.25, 0.3) is 0 Å². The molecule has 0 bridgehead atoms. The molecule has 27 heavy (non-hydrogen) atoms. The third-order valence-electron chi connectivity index (χ3n) is 4.90. The fraction of sp³-hybridized carbons (Fsp3) is 0.409. The molecule has 1 unspecified atom stereocenters. The standard InChI is InChI=1S/C22H28N2O3/c1-26-20-11-7-10-19(14-20)21(24-12-5-6-13-24)15-23-22(25)17-27-16-18-8-3-2-4-9-18/h2-4,7-11,14,21H,5-6,12-13,15-17H2,1H3,(H,23,25). The maximum Gasteiger partial charge on any atom is 0.246 e. The number of hydrogen-bond donors (Lipinski definition) is 1. The maximum atomic E-state index is 12.2. The minimum Gasteiger partial charge on any atom is -0.497 e. The number of rotatable bonds is 9. The molecule has 1 N–H and O–H groups in total. The maximum absolute atomic E-state index is 12.2. The smallest absolute Gasteiger partial charge is 0.246 e. The van der Waals surface area contributed by atoms with Crippen LogP contribution in [-0.2, 0) is 16.1 Å².